The molecule has 0 radical (unpaired) electrons. The smallest absolute Gasteiger partial charge is 0.232 e. The zero-order valence-corrected chi connectivity index (χ0v) is 25.8. The molecule has 2 atom stereocenters. The molecule has 2 aliphatic heterocycles. The van der Waals surface area contributed by atoms with Gasteiger partial charge in [0, 0.05) is 13.1 Å². The number of nitrogens with two attached hydrogens (primary N) is 2. The van der Waals surface area contributed by atoms with E-state index < -0.39 is 0 Å². The minimum atomic E-state index is -0.0529. The molecule has 1 unspecified atom stereocenters. The first kappa shape index (κ1) is 36.3. The van der Waals surface area contributed by atoms with Crippen molar-refractivity contribution in [3.05, 3.63) is 65.2 Å². The molecular formula is C36H52N4O2+2. The van der Waals surface area contributed by atoms with E-state index >= 15 is 0 Å². The Morgan fingerprint density at radius 3 is 1.86 bits per heavy atom. The van der Waals surface area contributed by atoms with Crippen LogP contribution in [0, 0.1) is 42.9 Å². The monoisotopic (exact) mass is 572 g/mol. The topological polar surface area (TPSA) is 86.5 Å². The number of likely N-dealkylation sites (tertiary alicyclic amines) is 1. The van der Waals surface area contributed by atoms with Gasteiger partial charge in [-0.15, -0.1) is 25.7 Å². The third-order valence-corrected chi connectivity index (χ3v) is 7.91. The Morgan fingerprint density at radius 1 is 0.905 bits per heavy atom. The van der Waals surface area contributed by atoms with Crippen molar-refractivity contribution in [3.8, 4) is 37.5 Å². The first-order chi connectivity index (χ1) is 20.7. The quantitative estimate of drug-likeness (QED) is 0.530. The number of carbonyl (C=O) groups excluding carboxylic acids is 1. The van der Waals surface area contributed by atoms with Gasteiger partial charge in [-0.1, -0.05) is 74.9 Å². The summed E-state index contributed by atoms with van der Waals surface area (Å²) in [6, 6.07) is 18.1. The van der Waals surface area contributed by atoms with Gasteiger partial charge in [0.2, 0.25) is 5.91 Å². The Labute approximate surface area is 255 Å². The molecule has 42 heavy (non-hydrogen) atoms. The predicted molar refractivity (Wildman–Crippen MR) is 172 cm³/mol. The molecule has 5 rings (SSSR count). The lowest BCUT2D eigenvalue weighted by Gasteiger charge is -2.30. The number of terminal acetylenes is 2. The van der Waals surface area contributed by atoms with E-state index in [0.29, 0.717) is 5.56 Å². The summed E-state index contributed by atoms with van der Waals surface area (Å²) < 4.78 is 5.57. The number of quaternary nitrogens is 2. The highest BCUT2D eigenvalue weighted by atomic mass is 16.5. The summed E-state index contributed by atoms with van der Waals surface area (Å²) in [5.41, 5.74) is 2.76. The molecule has 3 aliphatic rings. The molecule has 226 valence electrons. The van der Waals surface area contributed by atoms with Crippen molar-refractivity contribution in [2.45, 2.75) is 70.3 Å². The number of carbonyl (C=O) groups is 1. The number of rotatable bonds is 5. The first-order valence-electron chi connectivity index (χ1n) is 15.4. The van der Waals surface area contributed by atoms with Crippen LogP contribution in [0.2, 0.25) is 0 Å². The Morgan fingerprint density at radius 2 is 1.40 bits per heavy atom. The lowest BCUT2D eigenvalue weighted by Crippen LogP contribution is -2.81. The van der Waals surface area contributed by atoms with Gasteiger partial charge in [-0.05, 0) is 37.0 Å². The molecule has 2 aromatic rings. The molecule has 1 aliphatic carbocycles. The van der Waals surface area contributed by atoms with Crippen molar-refractivity contribution in [2.24, 2.45) is 5.92 Å². The van der Waals surface area contributed by atoms with Gasteiger partial charge < -0.3 is 20.3 Å². The SMILES string of the molecule is C#C.C#C.C1CCCCC1.C[NH2+]Cc1c(OC)ccc(C#N)c1[C@@H]1C[NH2+]CC1C(=O)N1CCCCC1.c1ccccc1. The van der Waals surface area contributed by atoms with Crippen LogP contribution < -0.4 is 15.4 Å². The minimum Gasteiger partial charge on any atom is -0.496 e. The maximum absolute atomic E-state index is 13.2. The summed E-state index contributed by atoms with van der Waals surface area (Å²) in [7, 11) is 3.68. The molecule has 2 saturated heterocycles. The number of piperidine rings is 1. The second-order valence-corrected chi connectivity index (χ2v) is 10.6. The van der Waals surface area contributed by atoms with Crippen LogP contribution in [0.25, 0.3) is 0 Å². The van der Waals surface area contributed by atoms with Gasteiger partial charge in [-0.3, -0.25) is 4.79 Å². The normalized spacial score (nSPS) is 18.8. The van der Waals surface area contributed by atoms with Gasteiger partial charge in [-0.25, -0.2) is 0 Å². The fourth-order valence-corrected chi connectivity index (χ4v) is 5.94. The Kier molecular flexibility index (Phi) is 19.8. The second-order valence-electron chi connectivity index (χ2n) is 10.6. The van der Waals surface area contributed by atoms with Crippen LogP contribution in [0.1, 0.15) is 80.4 Å². The molecule has 0 spiro atoms. The van der Waals surface area contributed by atoms with Crippen molar-refractivity contribution in [3.63, 3.8) is 0 Å². The van der Waals surface area contributed by atoms with Crippen molar-refractivity contribution in [2.75, 3.05) is 40.3 Å². The van der Waals surface area contributed by atoms with Crippen LogP contribution in [0.3, 0.4) is 0 Å². The van der Waals surface area contributed by atoms with Gasteiger partial charge in [0.15, 0.2) is 0 Å². The molecular weight excluding hydrogens is 520 g/mol. The zero-order chi connectivity index (χ0) is 31.0. The maximum atomic E-state index is 13.2. The fraction of sp³-hybridized carbons (Fsp3) is 0.500. The Balaban J connectivity index is 0.000000448. The molecule has 3 fully saturated rings. The van der Waals surface area contributed by atoms with Crippen LogP contribution in [-0.4, -0.2) is 51.1 Å². The zero-order valence-electron chi connectivity index (χ0n) is 25.8. The van der Waals surface area contributed by atoms with Gasteiger partial charge in [0.25, 0.3) is 0 Å². The molecule has 6 heteroatoms. The largest absolute Gasteiger partial charge is 0.496 e. The van der Waals surface area contributed by atoms with Crippen LogP contribution in [-0.2, 0) is 11.3 Å². The standard InChI is InChI=1S/C20H28N4O2.C6H12.C6H6.2C2H2/c1-22-11-17-18(26-2)7-6-14(10-21)19(17)15-12-23-13-16(15)20(25)24-8-4-3-5-9-24;2*1-2-4-6-5-3-1;2*1-2/h6-7,15-16,22-23H,3-5,8-9,11-13H2,1-2H3;1-6H2;1-6H;2*1-2H/p+2/t15-,16?;;;;/m1..../s1. The summed E-state index contributed by atoms with van der Waals surface area (Å²) in [6.07, 6.45) is 28.4. The first-order valence-corrected chi connectivity index (χ1v) is 15.4. The number of ether oxygens (including phenoxy) is 1. The summed E-state index contributed by atoms with van der Waals surface area (Å²) in [4.78, 5) is 15.2. The Bertz CT molecular complexity index is 1040. The van der Waals surface area contributed by atoms with Crippen LogP contribution in [0.4, 0.5) is 0 Å². The second kappa shape index (κ2) is 22.9. The van der Waals surface area contributed by atoms with E-state index in [1.54, 1.807) is 7.11 Å². The highest BCUT2D eigenvalue weighted by Crippen LogP contribution is 2.36. The number of hydrogen-bond donors (Lipinski definition) is 2. The van der Waals surface area contributed by atoms with Crippen molar-refractivity contribution >= 4 is 5.91 Å². The van der Waals surface area contributed by atoms with Crippen molar-refractivity contribution in [1.29, 1.82) is 5.26 Å². The molecule has 0 bridgehead atoms. The summed E-state index contributed by atoms with van der Waals surface area (Å²) in [5, 5.41) is 14.0. The minimum absolute atomic E-state index is 0.0529. The third kappa shape index (κ3) is 11.6. The summed E-state index contributed by atoms with van der Waals surface area (Å²) in [5.74, 6) is 1.10. The number of amides is 1. The number of hydrogen-bond acceptors (Lipinski definition) is 3. The van der Waals surface area contributed by atoms with Crippen LogP contribution >= 0.6 is 0 Å². The van der Waals surface area contributed by atoms with Crippen LogP contribution in [0.15, 0.2) is 48.5 Å². The van der Waals surface area contributed by atoms with E-state index in [2.05, 4.69) is 42.4 Å². The van der Waals surface area contributed by atoms with E-state index in [1.807, 2.05) is 60.5 Å². The Hall–Kier alpha value is -3.76. The van der Waals surface area contributed by atoms with E-state index in [4.69, 9.17) is 4.74 Å². The van der Waals surface area contributed by atoms with Crippen LogP contribution in [0.5, 0.6) is 5.75 Å². The van der Waals surface area contributed by atoms with E-state index in [-0.39, 0.29) is 17.7 Å². The maximum Gasteiger partial charge on any atom is 0.232 e. The van der Waals surface area contributed by atoms with Gasteiger partial charge in [-0.2, -0.15) is 5.26 Å². The van der Waals surface area contributed by atoms with E-state index in [0.717, 1.165) is 62.4 Å². The number of benzene rings is 2. The summed E-state index contributed by atoms with van der Waals surface area (Å²) in [6.45, 7) is 4.15. The lowest BCUT2D eigenvalue weighted by molar-refractivity contribution is -0.643. The molecule has 4 N–H and O–H groups in total. The molecule has 1 saturated carbocycles. The number of methoxy groups -OCH3 is 1. The van der Waals surface area contributed by atoms with Gasteiger partial charge >= 0.3 is 0 Å². The molecule has 2 heterocycles. The van der Waals surface area contributed by atoms with Gasteiger partial charge in [0.1, 0.15) is 12.3 Å². The molecule has 6 nitrogen and oxygen atoms in total. The number of nitriles is 1. The van der Waals surface area contributed by atoms with Crippen molar-refractivity contribution < 1.29 is 20.2 Å². The molecule has 0 aromatic heterocycles. The van der Waals surface area contributed by atoms with Crippen molar-refractivity contribution in [1.82, 2.24) is 4.90 Å². The third-order valence-electron chi connectivity index (χ3n) is 7.91. The van der Waals surface area contributed by atoms with Gasteiger partial charge in [0.05, 0.1) is 56.3 Å². The fourth-order valence-electron chi connectivity index (χ4n) is 5.94. The molecule has 1 amide bonds. The average Bonchev–Trinajstić information content (AvgIpc) is 3.58. The number of nitrogens with zero attached hydrogens (tertiary/aromatic N) is 2. The highest BCUT2D eigenvalue weighted by Gasteiger charge is 2.42. The lowest BCUT2D eigenvalue weighted by atomic mass is 9.82. The van der Waals surface area contributed by atoms with E-state index in [9.17, 15) is 10.1 Å². The predicted octanol–water partition coefficient (Wildman–Crippen LogP) is 4.08. The molecule has 2 aromatic carbocycles. The highest BCUT2D eigenvalue weighted by molar-refractivity contribution is 5.80. The average molecular weight is 573 g/mol. The summed E-state index contributed by atoms with van der Waals surface area (Å²) >= 11 is 0. The van der Waals surface area contributed by atoms with E-state index in [1.165, 1.54) is 44.9 Å².